The van der Waals surface area contributed by atoms with Gasteiger partial charge < -0.3 is 10.6 Å². The van der Waals surface area contributed by atoms with E-state index in [1.165, 1.54) is 30.3 Å². The third-order valence-electron chi connectivity index (χ3n) is 4.00. The molecule has 0 aliphatic heterocycles. The highest BCUT2D eigenvalue weighted by molar-refractivity contribution is 7.95. The Kier molecular flexibility index (Phi) is 6.10. The number of carbonyl (C=O) groups excluding carboxylic acids is 2. The van der Waals surface area contributed by atoms with Gasteiger partial charge in [-0.2, -0.15) is 0 Å². The number of benzene rings is 2. The number of hydrogen-bond donors (Lipinski definition) is 3. The topological polar surface area (TPSA) is 104 Å². The second kappa shape index (κ2) is 8.71. The molecule has 146 valence electrons. The molecule has 2 amide bonds. The fourth-order valence-electron chi connectivity index (χ4n) is 2.39. The minimum absolute atomic E-state index is 0.0893. The van der Waals surface area contributed by atoms with Crippen molar-refractivity contribution in [1.29, 1.82) is 0 Å². The maximum atomic E-state index is 12.1. The highest BCUT2D eigenvalue weighted by Gasteiger charge is 2.23. The first kappa shape index (κ1) is 19.6. The van der Waals surface area contributed by atoms with Gasteiger partial charge in [0.2, 0.25) is 5.91 Å². The van der Waals surface area contributed by atoms with Crippen molar-refractivity contribution in [3.63, 3.8) is 0 Å². The first-order chi connectivity index (χ1) is 13.4. The first-order valence-corrected chi connectivity index (χ1v) is 10.4. The maximum Gasteiger partial charge on any atom is 0.255 e. The maximum absolute atomic E-state index is 12.1. The van der Waals surface area contributed by atoms with Gasteiger partial charge in [0, 0.05) is 17.3 Å². The summed E-state index contributed by atoms with van der Waals surface area (Å²) < 4.78 is 26.7. The Morgan fingerprint density at radius 1 is 1.00 bits per heavy atom. The van der Waals surface area contributed by atoms with Gasteiger partial charge in [-0.1, -0.05) is 30.3 Å². The molecule has 3 rings (SSSR count). The molecule has 3 N–H and O–H groups in total. The molecule has 2 aromatic carbocycles. The highest BCUT2D eigenvalue weighted by atomic mass is 32.2. The summed E-state index contributed by atoms with van der Waals surface area (Å²) in [4.78, 5) is 23.7. The average molecular weight is 399 g/mol. The number of carbonyl (C=O) groups is 2. The van der Waals surface area contributed by atoms with Gasteiger partial charge in [-0.15, -0.1) is 0 Å². The summed E-state index contributed by atoms with van der Waals surface area (Å²) in [6.45, 7) is -0.0893. The highest BCUT2D eigenvalue weighted by Crippen LogP contribution is 2.18. The summed E-state index contributed by atoms with van der Waals surface area (Å²) in [6.07, 6.45) is 3.46. The first-order valence-electron chi connectivity index (χ1n) is 8.85. The van der Waals surface area contributed by atoms with Crippen LogP contribution in [0.25, 0.3) is 6.08 Å². The molecule has 0 spiro atoms. The van der Waals surface area contributed by atoms with Crippen molar-refractivity contribution in [2.75, 3.05) is 11.3 Å². The predicted octanol–water partition coefficient (Wildman–Crippen LogP) is 2.11. The summed E-state index contributed by atoms with van der Waals surface area (Å²) in [5.41, 5.74) is 1.44. The quantitative estimate of drug-likeness (QED) is 0.632. The van der Waals surface area contributed by atoms with Crippen molar-refractivity contribution in [1.82, 2.24) is 10.6 Å². The Morgan fingerprint density at radius 2 is 1.68 bits per heavy atom. The summed E-state index contributed by atoms with van der Waals surface area (Å²) in [6, 6.07) is 15.3. The van der Waals surface area contributed by atoms with Crippen molar-refractivity contribution in [2.45, 2.75) is 18.9 Å². The van der Waals surface area contributed by atoms with Crippen LogP contribution in [0.15, 0.2) is 60.0 Å². The second-order valence-corrected chi connectivity index (χ2v) is 8.03. The Morgan fingerprint density at radius 3 is 2.32 bits per heavy atom. The normalized spacial score (nSPS) is 13.9. The smallest absolute Gasteiger partial charge is 0.255 e. The molecule has 0 radical (unpaired) electrons. The number of hydrogen-bond acceptors (Lipinski definition) is 4. The van der Waals surface area contributed by atoms with Crippen LogP contribution in [0, 0.1) is 0 Å². The van der Waals surface area contributed by atoms with Crippen molar-refractivity contribution >= 4 is 33.6 Å². The number of anilines is 1. The van der Waals surface area contributed by atoms with Gasteiger partial charge in [0.1, 0.15) is 0 Å². The van der Waals surface area contributed by atoms with Gasteiger partial charge in [0.25, 0.3) is 15.9 Å². The Hall–Kier alpha value is -3.13. The minimum atomic E-state index is -3.68. The average Bonchev–Trinajstić information content (AvgIpc) is 3.50. The van der Waals surface area contributed by atoms with Gasteiger partial charge in [-0.3, -0.25) is 14.3 Å². The van der Waals surface area contributed by atoms with Crippen LogP contribution < -0.4 is 15.4 Å². The SMILES string of the molecule is O=C(CNC(=O)c1ccc(NS(=O)(=O)/C=C/c2ccccc2)cc1)NC1CC1. The number of nitrogens with one attached hydrogen (secondary N) is 3. The van der Waals surface area contributed by atoms with Crippen molar-refractivity contribution in [2.24, 2.45) is 0 Å². The lowest BCUT2D eigenvalue weighted by Gasteiger charge is -2.08. The van der Waals surface area contributed by atoms with Gasteiger partial charge in [-0.25, -0.2) is 8.42 Å². The zero-order valence-corrected chi connectivity index (χ0v) is 15.9. The van der Waals surface area contributed by atoms with Crippen LogP contribution in [-0.4, -0.2) is 32.8 Å². The van der Waals surface area contributed by atoms with Crippen LogP contribution in [0.1, 0.15) is 28.8 Å². The van der Waals surface area contributed by atoms with E-state index in [9.17, 15) is 18.0 Å². The number of rotatable bonds is 8. The Labute approximate surface area is 163 Å². The zero-order valence-electron chi connectivity index (χ0n) is 15.1. The van der Waals surface area contributed by atoms with E-state index in [4.69, 9.17) is 0 Å². The van der Waals surface area contributed by atoms with Crippen LogP contribution in [0.4, 0.5) is 5.69 Å². The van der Waals surface area contributed by atoms with Crippen molar-refractivity contribution in [3.8, 4) is 0 Å². The second-order valence-electron chi connectivity index (χ2n) is 6.46. The molecule has 28 heavy (non-hydrogen) atoms. The summed E-state index contributed by atoms with van der Waals surface area (Å²) in [7, 11) is -3.68. The Bertz CT molecular complexity index is 966. The van der Waals surface area contributed by atoms with E-state index < -0.39 is 15.9 Å². The molecule has 0 aromatic heterocycles. The fraction of sp³-hybridized carbons (Fsp3) is 0.200. The molecule has 0 saturated heterocycles. The summed E-state index contributed by atoms with van der Waals surface area (Å²) in [5, 5.41) is 6.40. The van der Waals surface area contributed by atoms with E-state index in [1.807, 2.05) is 18.2 Å². The summed E-state index contributed by atoms with van der Waals surface area (Å²) in [5.74, 6) is -0.616. The van der Waals surface area contributed by atoms with Crippen LogP contribution in [0.5, 0.6) is 0 Å². The molecule has 1 aliphatic carbocycles. The van der Waals surface area contributed by atoms with Crippen LogP contribution in [0.2, 0.25) is 0 Å². The van der Waals surface area contributed by atoms with E-state index in [2.05, 4.69) is 15.4 Å². The molecule has 1 fully saturated rings. The summed E-state index contributed by atoms with van der Waals surface area (Å²) >= 11 is 0. The molecule has 0 atom stereocenters. The van der Waals surface area contributed by atoms with Crippen molar-refractivity contribution < 1.29 is 18.0 Å². The molecule has 2 aromatic rings. The molecule has 1 saturated carbocycles. The zero-order chi connectivity index (χ0) is 20.0. The monoisotopic (exact) mass is 399 g/mol. The van der Waals surface area contributed by atoms with Crippen LogP contribution in [-0.2, 0) is 14.8 Å². The predicted molar refractivity (Wildman–Crippen MR) is 108 cm³/mol. The van der Waals surface area contributed by atoms with Gasteiger partial charge >= 0.3 is 0 Å². The third-order valence-corrected chi connectivity index (χ3v) is 5.01. The number of sulfonamides is 1. The lowest BCUT2D eigenvalue weighted by Crippen LogP contribution is -2.37. The van der Waals surface area contributed by atoms with E-state index in [-0.39, 0.29) is 18.5 Å². The molecular weight excluding hydrogens is 378 g/mol. The van der Waals surface area contributed by atoms with E-state index >= 15 is 0 Å². The lowest BCUT2D eigenvalue weighted by molar-refractivity contribution is -0.120. The molecule has 1 aliphatic rings. The van der Waals surface area contributed by atoms with Crippen molar-refractivity contribution in [3.05, 3.63) is 71.1 Å². The molecule has 8 heteroatoms. The molecule has 0 heterocycles. The minimum Gasteiger partial charge on any atom is -0.352 e. The molecule has 7 nitrogen and oxygen atoms in total. The van der Waals surface area contributed by atoms with Crippen LogP contribution >= 0.6 is 0 Å². The van der Waals surface area contributed by atoms with E-state index in [0.29, 0.717) is 11.3 Å². The van der Waals surface area contributed by atoms with Gasteiger partial charge in [0.15, 0.2) is 0 Å². The fourth-order valence-corrected chi connectivity index (χ4v) is 3.26. The van der Waals surface area contributed by atoms with Crippen LogP contribution in [0.3, 0.4) is 0 Å². The third kappa shape index (κ3) is 6.24. The van der Waals surface area contributed by atoms with E-state index in [1.54, 1.807) is 12.1 Å². The molecule has 0 unspecified atom stereocenters. The van der Waals surface area contributed by atoms with Gasteiger partial charge in [0.05, 0.1) is 12.0 Å². The Balaban J connectivity index is 1.53. The lowest BCUT2D eigenvalue weighted by atomic mass is 10.2. The van der Waals surface area contributed by atoms with Gasteiger partial charge in [-0.05, 0) is 48.7 Å². The standard InChI is InChI=1S/C20H21N3O4S/c24-19(22-17-10-11-17)14-21-20(25)16-6-8-18(9-7-16)23-28(26,27)13-12-15-4-2-1-3-5-15/h1-9,12-13,17,23H,10-11,14H2,(H,21,25)(H,22,24)/b13-12+. The molecule has 0 bridgehead atoms. The largest absolute Gasteiger partial charge is 0.352 e. The molecular formula is C20H21N3O4S. The van der Waals surface area contributed by atoms with E-state index in [0.717, 1.165) is 23.8 Å². The number of amides is 2.